The fraction of sp³-hybridized carbons (Fsp3) is 0.143. The SMILES string of the molecule is CCOC(=O)/C(C#N)=C\Nc1cnc2ccc(Cl)cn2c1=O. The third kappa shape index (κ3) is 3.24. The first-order valence-electron chi connectivity index (χ1n) is 6.27. The van der Waals surface area contributed by atoms with E-state index in [1.807, 2.05) is 0 Å². The van der Waals surface area contributed by atoms with Crippen LogP contribution in [0.1, 0.15) is 6.92 Å². The van der Waals surface area contributed by atoms with Crippen molar-refractivity contribution in [3.8, 4) is 6.07 Å². The van der Waals surface area contributed by atoms with Crippen LogP contribution in [0.5, 0.6) is 0 Å². The lowest BCUT2D eigenvalue weighted by molar-refractivity contribution is -0.138. The molecule has 0 spiro atoms. The summed E-state index contributed by atoms with van der Waals surface area (Å²) in [7, 11) is 0. The zero-order valence-corrected chi connectivity index (χ0v) is 12.3. The van der Waals surface area contributed by atoms with Gasteiger partial charge in [-0.05, 0) is 19.1 Å². The predicted molar refractivity (Wildman–Crippen MR) is 80.4 cm³/mol. The Labute approximate surface area is 130 Å². The summed E-state index contributed by atoms with van der Waals surface area (Å²) in [5, 5.41) is 11.9. The second-order valence-electron chi connectivity index (χ2n) is 4.09. The van der Waals surface area contributed by atoms with E-state index in [1.54, 1.807) is 25.1 Å². The Balaban J connectivity index is 2.36. The molecule has 0 saturated heterocycles. The number of hydrogen-bond donors (Lipinski definition) is 1. The zero-order valence-electron chi connectivity index (χ0n) is 11.5. The molecule has 0 atom stereocenters. The topological polar surface area (TPSA) is 96.5 Å². The number of halogens is 1. The van der Waals surface area contributed by atoms with Crippen molar-refractivity contribution in [1.82, 2.24) is 9.38 Å². The minimum absolute atomic E-state index is 0.0943. The summed E-state index contributed by atoms with van der Waals surface area (Å²) in [6.07, 6.45) is 3.84. The van der Waals surface area contributed by atoms with Gasteiger partial charge in [0.25, 0.3) is 5.56 Å². The number of nitriles is 1. The van der Waals surface area contributed by atoms with E-state index < -0.39 is 11.5 Å². The summed E-state index contributed by atoms with van der Waals surface area (Å²) >= 11 is 5.85. The van der Waals surface area contributed by atoms with Gasteiger partial charge in [-0.2, -0.15) is 5.26 Å². The van der Waals surface area contributed by atoms with Crippen LogP contribution in [0.4, 0.5) is 5.69 Å². The Morgan fingerprint density at radius 1 is 1.59 bits per heavy atom. The molecule has 0 aliphatic rings. The van der Waals surface area contributed by atoms with Gasteiger partial charge >= 0.3 is 5.97 Å². The minimum atomic E-state index is -0.769. The molecule has 0 fully saturated rings. The molecular formula is C14H11ClN4O3. The molecule has 1 N–H and O–H groups in total. The molecule has 0 aliphatic heterocycles. The number of aromatic nitrogens is 2. The number of nitrogens with zero attached hydrogens (tertiary/aromatic N) is 3. The molecule has 2 rings (SSSR count). The minimum Gasteiger partial charge on any atom is -0.462 e. The van der Waals surface area contributed by atoms with Crippen molar-refractivity contribution in [2.75, 3.05) is 11.9 Å². The van der Waals surface area contributed by atoms with Gasteiger partial charge < -0.3 is 10.1 Å². The van der Waals surface area contributed by atoms with Gasteiger partial charge in [0.05, 0.1) is 17.8 Å². The first-order chi connectivity index (χ1) is 10.6. The standard InChI is InChI=1S/C14H11ClN4O3/c1-2-22-14(21)9(5-16)6-17-11-7-18-12-4-3-10(15)8-19(12)13(11)20/h3-4,6-8,17H,2H2,1H3/b9-6-. The lowest BCUT2D eigenvalue weighted by Gasteiger charge is -2.05. The second-order valence-corrected chi connectivity index (χ2v) is 4.52. The lowest BCUT2D eigenvalue weighted by atomic mass is 10.3. The fourth-order valence-corrected chi connectivity index (χ4v) is 1.81. The van der Waals surface area contributed by atoms with Crippen LogP contribution >= 0.6 is 11.6 Å². The number of pyridine rings is 1. The highest BCUT2D eigenvalue weighted by Crippen LogP contribution is 2.09. The van der Waals surface area contributed by atoms with Gasteiger partial charge in [-0.3, -0.25) is 9.20 Å². The highest BCUT2D eigenvalue weighted by atomic mass is 35.5. The van der Waals surface area contributed by atoms with E-state index in [-0.39, 0.29) is 17.9 Å². The third-order valence-corrected chi connectivity index (χ3v) is 2.88. The average molecular weight is 319 g/mol. The van der Waals surface area contributed by atoms with Gasteiger partial charge in [0, 0.05) is 12.4 Å². The maximum Gasteiger partial charge on any atom is 0.350 e. The molecule has 8 heteroatoms. The number of hydrogen-bond acceptors (Lipinski definition) is 6. The molecular weight excluding hydrogens is 308 g/mol. The van der Waals surface area contributed by atoms with E-state index in [4.69, 9.17) is 21.6 Å². The Morgan fingerprint density at radius 3 is 3.05 bits per heavy atom. The first kappa shape index (κ1) is 15.5. The number of anilines is 1. The first-order valence-corrected chi connectivity index (χ1v) is 6.65. The Bertz CT molecular complexity index is 851. The van der Waals surface area contributed by atoms with Crippen LogP contribution in [0.2, 0.25) is 5.02 Å². The van der Waals surface area contributed by atoms with Crippen molar-refractivity contribution in [1.29, 1.82) is 5.26 Å². The van der Waals surface area contributed by atoms with Gasteiger partial charge in [-0.1, -0.05) is 11.6 Å². The largest absolute Gasteiger partial charge is 0.462 e. The summed E-state index contributed by atoms with van der Waals surface area (Å²) in [4.78, 5) is 27.8. The smallest absolute Gasteiger partial charge is 0.350 e. The molecule has 2 aromatic rings. The van der Waals surface area contributed by atoms with Crippen LogP contribution in [0.25, 0.3) is 5.65 Å². The quantitative estimate of drug-likeness (QED) is 0.524. The van der Waals surface area contributed by atoms with Gasteiger partial charge in [0.2, 0.25) is 0 Å². The van der Waals surface area contributed by atoms with Crippen molar-refractivity contribution >= 4 is 28.9 Å². The van der Waals surface area contributed by atoms with Crippen LogP contribution in [0.15, 0.2) is 41.1 Å². The Morgan fingerprint density at radius 2 is 2.36 bits per heavy atom. The maximum absolute atomic E-state index is 12.3. The molecule has 7 nitrogen and oxygen atoms in total. The molecule has 2 heterocycles. The molecule has 0 saturated carbocycles. The molecule has 0 unspecified atom stereocenters. The summed E-state index contributed by atoms with van der Waals surface area (Å²) in [5.74, 6) is -0.769. The van der Waals surface area contributed by atoms with Gasteiger partial charge in [0.15, 0.2) is 5.57 Å². The molecule has 0 amide bonds. The number of nitrogens with one attached hydrogen (secondary N) is 1. The zero-order chi connectivity index (χ0) is 16.1. The molecule has 0 aromatic carbocycles. The molecule has 0 bridgehead atoms. The van der Waals surface area contributed by atoms with Crippen molar-refractivity contribution in [2.24, 2.45) is 0 Å². The van der Waals surface area contributed by atoms with E-state index in [2.05, 4.69) is 10.3 Å². The fourth-order valence-electron chi connectivity index (χ4n) is 1.65. The average Bonchev–Trinajstić information content (AvgIpc) is 2.50. The maximum atomic E-state index is 12.3. The second kappa shape index (κ2) is 6.74. The highest BCUT2D eigenvalue weighted by molar-refractivity contribution is 6.30. The number of rotatable bonds is 4. The number of fused-ring (bicyclic) bond motifs is 1. The Kier molecular flexibility index (Phi) is 4.76. The summed E-state index contributed by atoms with van der Waals surface area (Å²) in [6, 6.07) is 4.91. The van der Waals surface area contributed by atoms with Crippen LogP contribution in [-0.4, -0.2) is 22.0 Å². The predicted octanol–water partition coefficient (Wildman–Crippen LogP) is 1.73. The van der Waals surface area contributed by atoms with E-state index in [0.29, 0.717) is 10.7 Å². The van der Waals surface area contributed by atoms with Crippen LogP contribution in [-0.2, 0) is 9.53 Å². The highest BCUT2D eigenvalue weighted by Gasteiger charge is 2.10. The number of carbonyl (C=O) groups is 1. The number of carbonyl (C=O) groups excluding carboxylic acids is 1. The Hall–Kier alpha value is -2.85. The molecule has 22 heavy (non-hydrogen) atoms. The molecule has 0 aliphatic carbocycles. The van der Waals surface area contributed by atoms with Gasteiger partial charge in [0.1, 0.15) is 17.4 Å². The van der Waals surface area contributed by atoms with E-state index in [9.17, 15) is 9.59 Å². The van der Waals surface area contributed by atoms with Gasteiger partial charge in [-0.25, -0.2) is 9.78 Å². The summed E-state index contributed by atoms with van der Waals surface area (Å²) in [5.41, 5.74) is -0.144. The number of esters is 1. The molecule has 112 valence electrons. The monoisotopic (exact) mass is 318 g/mol. The normalized spacial score (nSPS) is 11.0. The van der Waals surface area contributed by atoms with Crippen LogP contribution in [0.3, 0.4) is 0 Å². The van der Waals surface area contributed by atoms with Crippen molar-refractivity contribution in [3.05, 3.63) is 51.7 Å². The molecule has 2 aromatic heterocycles. The van der Waals surface area contributed by atoms with E-state index in [0.717, 1.165) is 6.20 Å². The van der Waals surface area contributed by atoms with Crippen LogP contribution in [0, 0.1) is 11.3 Å². The van der Waals surface area contributed by atoms with Gasteiger partial charge in [-0.15, -0.1) is 0 Å². The van der Waals surface area contributed by atoms with Crippen molar-refractivity contribution in [3.63, 3.8) is 0 Å². The van der Waals surface area contributed by atoms with Crippen molar-refractivity contribution in [2.45, 2.75) is 6.92 Å². The lowest BCUT2D eigenvalue weighted by Crippen LogP contribution is -2.18. The van der Waals surface area contributed by atoms with Crippen molar-refractivity contribution < 1.29 is 9.53 Å². The van der Waals surface area contributed by atoms with E-state index >= 15 is 0 Å². The number of ether oxygens (including phenoxy) is 1. The summed E-state index contributed by atoms with van der Waals surface area (Å²) in [6.45, 7) is 1.78. The third-order valence-electron chi connectivity index (χ3n) is 2.65. The van der Waals surface area contributed by atoms with Crippen LogP contribution < -0.4 is 10.9 Å². The van der Waals surface area contributed by atoms with E-state index in [1.165, 1.54) is 16.8 Å². The summed E-state index contributed by atoms with van der Waals surface area (Å²) < 4.78 is 5.97. The molecule has 0 radical (unpaired) electrons.